The number of hydrogen-bond acceptors (Lipinski definition) is 3. The second-order valence-electron chi connectivity index (χ2n) is 5.99. The van der Waals surface area contributed by atoms with Crippen molar-refractivity contribution in [2.45, 2.75) is 37.4 Å². The molecule has 2 aliphatic heterocycles. The highest BCUT2D eigenvalue weighted by molar-refractivity contribution is 6.33. The first-order valence-electron chi connectivity index (χ1n) is 7.58. The number of aliphatic hydroxyl groups excluding tert-OH is 1. The molecule has 2 aliphatic rings. The number of carbonyl (C=O) groups excluding carboxylic acids is 1. The van der Waals surface area contributed by atoms with Crippen molar-refractivity contribution in [2.24, 2.45) is 0 Å². The van der Waals surface area contributed by atoms with Crippen molar-refractivity contribution >= 4 is 17.5 Å². The second-order valence-corrected chi connectivity index (χ2v) is 6.39. The van der Waals surface area contributed by atoms with E-state index in [1.165, 1.54) is 12.1 Å². The van der Waals surface area contributed by atoms with Gasteiger partial charge in [0.15, 0.2) is 0 Å². The molecule has 1 aromatic rings. The minimum atomic E-state index is -0.512. The standard InChI is InChI=1S/C16H19ClFNO3/c17-13-10-11(18)3-4-12(13)15(21)19-7-5-16(6-8-19)14(20)2-1-9-22-16/h3-4,10,14,20H,1-2,5-9H2/t14-/m0/s1. The highest BCUT2D eigenvalue weighted by Gasteiger charge is 2.44. The molecule has 0 aliphatic carbocycles. The summed E-state index contributed by atoms with van der Waals surface area (Å²) in [6.07, 6.45) is 2.37. The smallest absolute Gasteiger partial charge is 0.255 e. The van der Waals surface area contributed by atoms with E-state index >= 15 is 0 Å². The van der Waals surface area contributed by atoms with Crippen molar-refractivity contribution in [3.05, 3.63) is 34.6 Å². The molecule has 2 saturated heterocycles. The minimum absolute atomic E-state index is 0.124. The maximum absolute atomic E-state index is 13.1. The molecule has 0 saturated carbocycles. The van der Waals surface area contributed by atoms with E-state index in [2.05, 4.69) is 0 Å². The van der Waals surface area contributed by atoms with Crippen molar-refractivity contribution < 1.29 is 19.0 Å². The Kier molecular flexibility index (Phi) is 4.39. The molecule has 1 aromatic carbocycles. The number of hydrogen-bond donors (Lipinski definition) is 1. The van der Waals surface area contributed by atoms with Gasteiger partial charge in [0.05, 0.1) is 22.3 Å². The molecule has 1 N–H and O–H groups in total. The number of ether oxygens (including phenoxy) is 1. The van der Waals surface area contributed by atoms with Gasteiger partial charge in [-0.15, -0.1) is 0 Å². The first-order chi connectivity index (χ1) is 10.5. The van der Waals surface area contributed by atoms with Crippen molar-refractivity contribution in [1.29, 1.82) is 0 Å². The van der Waals surface area contributed by atoms with E-state index in [4.69, 9.17) is 16.3 Å². The molecule has 0 bridgehead atoms. The van der Waals surface area contributed by atoms with E-state index in [1.54, 1.807) is 4.90 Å². The van der Waals surface area contributed by atoms with Gasteiger partial charge in [-0.2, -0.15) is 0 Å². The van der Waals surface area contributed by atoms with Crippen molar-refractivity contribution in [3.8, 4) is 0 Å². The van der Waals surface area contributed by atoms with Gasteiger partial charge in [0, 0.05) is 19.7 Å². The average molecular weight is 328 g/mol. The van der Waals surface area contributed by atoms with Gasteiger partial charge in [-0.1, -0.05) is 11.6 Å². The monoisotopic (exact) mass is 327 g/mol. The van der Waals surface area contributed by atoms with E-state index in [0.29, 0.717) is 38.1 Å². The molecule has 0 aromatic heterocycles. The fraction of sp³-hybridized carbons (Fsp3) is 0.562. The van der Waals surface area contributed by atoms with Gasteiger partial charge in [0.2, 0.25) is 0 Å². The predicted molar refractivity (Wildman–Crippen MR) is 80.5 cm³/mol. The Hall–Kier alpha value is -1.17. The van der Waals surface area contributed by atoms with Crippen LogP contribution in [0, 0.1) is 5.82 Å². The van der Waals surface area contributed by atoms with Gasteiger partial charge in [-0.25, -0.2) is 4.39 Å². The molecular formula is C16H19ClFNO3. The minimum Gasteiger partial charge on any atom is -0.390 e. The Balaban J connectivity index is 1.69. The van der Waals surface area contributed by atoms with Crippen LogP contribution in [-0.4, -0.2) is 47.3 Å². The van der Waals surface area contributed by atoms with Gasteiger partial charge in [-0.05, 0) is 43.9 Å². The number of likely N-dealkylation sites (tertiary alicyclic amines) is 1. The summed E-state index contributed by atoms with van der Waals surface area (Å²) in [4.78, 5) is 14.2. The zero-order chi connectivity index (χ0) is 15.7. The van der Waals surface area contributed by atoms with E-state index < -0.39 is 17.5 Å². The van der Waals surface area contributed by atoms with Crippen molar-refractivity contribution in [1.82, 2.24) is 4.90 Å². The van der Waals surface area contributed by atoms with Crippen LogP contribution in [0.4, 0.5) is 4.39 Å². The number of amides is 1. The molecule has 22 heavy (non-hydrogen) atoms. The summed E-state index contributed by atoms with van der Waals surface area (Å²) in [6, 6.07) is 3.79. The zero-order valence-corrected chi connectivity index (χ0v) is 13.0. The van der Waals surface area contributed by atoms with Crippen molar-refractivity contribution in [3.63, 3.8) is 0 Å². The summed E-state index contributed by atoms with van der Waals surface area (Å²) in [6.45, 7) is 1.67. The third kappa shape index (κ3) is 2.85. The first kappa shape index (κ1) is 15.7. The molecule has 1 amide bonds. The number of carbonyl (C=O) groups is 1. The molecule has 0 unspecified atom stereocenters. The lowest BCUT2D eigenvalue weighted by Gasteiger charge is -2.46. The summed E-state index contributed by atoms with van der Waals surface area (Å²) in [5.41, 5.74) is -0.203. The summed E-state index contributed by atoms with van der Waals surface area (Å²) in [7, 11) is 0. The van der Waals surface area contributed by atoms with E-state index in [1.807, 2.05) is 0 Å². The maximum Gasteiger partial charge on any atom is 0.255 e. The van der Waals surface area contributed by atoms with Crippen LogP contribution in [0.1, 0.15) is 36.0 Å². The number of benzene rings is 1. The molecule has 3 rings (SSSR count). The van der Waals surface area contributed by atoms with Crippen LogP contribution in [-0.2, 0) is 4.74 Å². The number of nitrogens with zero attached hydrogens (tertiary/aromatic N) is 1. The zero-order valence-electron chi connectivity index (χ0n) is 12.2. The Morgan fingerprint density at radius 3 is 2.77 bits per heavy atom. The number of aliphatic hydroxyl groups is 1. The van der Waals surface area contributed by atoms with Crippen LogP contribution < -0.4 is 0 Å². The lowest BCUT2D eigenvalue weighted by Crippen LogP contribution is -2.56. The average Bonchev–Trinajstić information content (AvgIpc) is 2.51. The summed E-state index contributed by atoms with van der Waals surface area (Å²) in [5.74, 6) is -0.664. The van der Waals surface area contributed by atoms with Crippen LogP contribution in [0.2, 0.25) is 5.02 Å². The highest BCUT2D eigenvalue weighted by atomic mass is 35.5. The van der Waals surface area contributed by atoms with Gasteiger partial charge < -0.3 is 14.7 Å². The third-order valence-electron chi connectivity index (χ3n) is 4.68. The summed E-state index contributed by atoms with van der Waals surface area (Å²) >= 11 is 5.96. The van der Waals surface area contributed by atoms with Crippen molar-refractivity contribution in [2.75, 3.05) is 19.7 Å². The lowest BCUT2D eigenvalue weighted by atomic mass is 9.82. The molecule has 0 radical (unpaired) electrons. The molecule has 1 spiro atoms. The van der Waals surface area contributed by atoms with Gasteiger partial charge in [0.25, 0.3) is 5.91 Å². The Labute approximate surface area is 133 Å². The number of piperidine rings is 1. The van der Waals surface area contributed by atoms with E-state index in [-0.39, 0.29) is 10.9 Å². The number of rotatable bonds is 1. The van der Waals surface area contributed by atoms with Gasteiger partial charge in [-0.3, -0.25) is 4.79 Å². The Morgan fingerprint density at radius 1 is 1.41 bits per heavy atom. The van der Waals surface area contributed by atoms with Crippen LogP contribution in [0.15, 0.2) is 18.2 Å². The Bertz CT molecular complexity index is 573. The van der Waals surface area contributed by atoms with Crippen LogP contribution in [0.25, 0.3) is 0 Å². The summed E-state index contributed by atoms with van der Waals surface area (Å²) in [5, 5.41) is 10.3. The molecule has 2 fully saturated rings. The van der Waals surface area contributed by atoms with E-state index in [0.717, 1.165) is 18.9 Å². The van der Waals surface area contributed by atoms with E-state index in [9.17, 15) is 14.3 Å². The summed E-state index contributed by atoms with van der Waals surface area (Å²) < 4.78 is 18.9. The largest absolute Gasteiger partial charge is 0.390 e. The quantitative estimate of drug-likeness (QED) is 0.862. The second kappa shape index (κ2) is 6.14. The molecule has 4 nitrogen and oxygen atoms in total. The molecule has 6 heteroatoms. The van der Waals surface area contributed by atoms with Gasteiger partial charge >= 0.3 is 0 Å². The number of halogens is 2. The third-order valence-corrected chi connectivity index (χ3v) is 4.99. The predicted octanol–water partition coefficient (Wildman–Crippen LogP) is 2.63. The fourth-order valence-electron chi connectivity index (χ4n) is 3.31. The lowest BCUT2D eigenvalue weighted by molar-refractivity contribution is -0.174. The molecule has 120 valence electrons. The fourth-order valence-corrected chi connectivity index (χ4v) is 3.56. The van der Waals surface area contributed by atoms with Crippen LogP contribution in [0.5, 0.6) is 0 Å². The highest BCUT2D eigenvalue weighted by Crippen LogP contribution is 2.35. The first-order valence-corrected chi connectivity index (χ1v) is 7.96. The maximum atomic E-state index is 13.1. The molecule has 2 heterocycles. The van der Waals surface area contributed by atoms with Gasteiger partial charge in [0.1, 0.15) is 5.82 Å². The normalized spacial score (nSPS) is 24.5. The molecular weight excluding hydrogens is 309 g/mol. The Morgan fingerprint density at radius 2 is 2.14 bits per heavy atom. The molecule has 1 atom stereocenters. The topological polar surface area (TPSA) is 49.8 Å². The SMILES string of the molecule is O=C(c1ccc(F)cc1Cl)N1CCC2(CC1)OCCC[C@@H]2O. The van der Waals surface area contributed by atoms with Crippen LogP contribution >= 0.6 is 11.6 Å². The van der Waals surface area contributed by atoms with Crippen LogP contribution in [0.3, 0.4) is 0 Å².